The molecule has 0 bridgehead atoms. The lowest BCUT2D eigenvalue weighted by Crippen LogP contribution is -2.52. The summed E-state index contributed by atoms with van der Waals surface area (Å²) in [5.74, 6) is -0.235. The predicted octanol–water partition coefficient (Wildman–Crippen LogP) is 4.44. The molecule has 38 heavy (non-hydrogen) atoms. The molecule has 0 aromatic heterocycles. The number of benzene rings is 3. The van der Waals surface area contributed by atoms with Gasteiger partial charge in [-0.3, -0.25) is 13.9 Å². The number of hydrogen-bond acceptors (Lipinski definition) is 5. The summed E-state index contributed by atoms with van der Waals surface area (Å²) < 4.78 is 34.8. The van der Waals surface area contributed by atoms with Gasteiger partial charge in [0, 0.05) is 16.2 Å². The van der Waals surface area contributed by atoms with Crippen molar-refractivity contribution in [2.75, 3.05) is 18.0 Å². The van der Waals surface area contributed by atoms with Crippen molar-refractivity contribution < 1.29 is 22.7 Å². The van der Waals surface area contributed by atoms with Crippen LogP contribution in [0.25, 0.3) is 0 Å². The van der Waals surface area contributed by atoms with E-state index in [0.29, 0.717) is 11.4 Å². The van der Waals surface area contributed by atoms with Crippen molar-refractivity contribution in [3.63, 3.8) is 0 Å². The Bertz CT molecular complexity index is 1350. The number of amides is 2. The summed E-state index contributed by atoms with van der Waals surface area (Å²) in [5, 5.41) is 2.84. The van der Waals surface area contributed by atoms with E-state index in [0.717, 1.165) is 13.4 Å². The molecule has 0 radical (unpaired) electrons. The first-order chi connectivity index (χ1) is 18.0. The third kappa shape index (κ3) is 7.47. The Morgan fingerprint density at radius 2 is 1.61 bits per heavy atom. The number of carbonyl (C=O) groups excluding carboxylic acids is 2. The third-order valence-corrected chi connectivity index (χ3v) is 8.32. The van der Waals surface area contributed by atoms with Crippen molar-refractivity contribution in [3.8, 4) is 5.75 Å². The number of nitrogens with zero attached hydrogens (tertiary/aromatic N) is 2. The van der Waals surface area contributed by atoms with Crippen LogP contribution in [0, 0.1) is 3.57 Å². The average molecular weight is 650 g/mol. The molecule has 3 aromatic rings. The van der Waals surface area contributed by atoms with Crippen LogP contribution in [-0.2, 0) is 26.2 Å². The number of rotatable bonds is 11. The van der Waals surface area contributed by atoms with Crippen molar-refractivity contribution in [3.05, 3.63) is 88.0 Å². The van der Waals surface area contributed by atoms with Crippen molar-refractivity contribution >= 4 is 50.1 Å². The zero-order valence-electron chi connectivity index (χ0n) is 21.8. The first-order valence-electron chi connectivity index (χ1n) is 12.1. The van der Waals surface area contributed by atoms with Crippen LogP contribution in [0.15, 0.2) is 83.8 Å². The minimum Gasteiger partial charge on any atom is -0.497 e. The van der Waals surface area contributed by atoms with Crippen molar-refractivity contribution in [1.82, 2.24) is 10.2 Å². The monoisotopic (exact) mass is 649 g/mol. The van der Waals surface area contributed by atoms with Crippen molar-refractivity contribution in [2.24, 2.45) is 0 Å². The summed E-state index contributed by atoms with van der Waals surface area (Å²) in [6.07, 6.45) is 0. The molecule has 0 aliphatic rings. The molecular formula is C28H32IN3O5S. The van der Waals surface area contributed by atoms with Gasteiger partial charge in [-0.2, -0.15) is 0 Å². The summed E-state index contributed by atoms with van der Waals surface area (Å²) in [5.41, 5.74) is 1.09. The Hall–Kier alpha value is -3.12. The Balaban J connectivity index is 2.02. The van der Waals surface area contributed by atoms with Gasteiger partial charge < -0.3 is 15.0 Å². The first kappa shape index (κ1) is 29.4. The highest BCUT2D eigenvalue weighted by molar-refractivity contribution is 14.1. The van der Waals surface area contributed by atoms with Crippen LogP contribution in [0.2, 0.25) is 0 Å². The van der Waals surface area contributed by atoms with Crippen LogP contribution in [-0.4, -0.2) is 50.9 Å². The molecule has 10 heteroatoms. The fourth-order valence-corrected chi connectivity index (χ4v) is 5.61. The predicted molar refractivity (Wildman–Crippen MR) is 156 cm³/mol. The molecular weight excluding hydrogens is 617 g/mol. The smallest absolute Gasteiger partial charge is 0.264 e. The molecule has 0 unspecified atom stereocenters. The Morgan fingerprint density at radius 3 is 2.21 bits per heavy atom. The normalized spacial score (nSPS) is 12.1. The number of nitrogens with one attached hydrogen (secondary N) is 1. The molecule has 0 fully saturated rings. The molecule has 8 nitrogen and oxygen atoms in total. The molecule has 0 aliphatic carbocycles. The second kappa shape index (κ2) is 13.1. The number of methoxy groups -OCH3 is 1. The largest absolute Gasteiger partial charge is 0.497 e. The molecule has 0 saturated carbocycles. The minimum absolute atomic E-state index is 0.0660. The second-order valence-electron chi connectivity index (χ2n) is 9.01. The number of halogens is 1. The first-order valence-corrected chi connectivity index (χ1v) is 14.6. The van der Waals surface area contributed by atoms with E-state index in [9.17, 15) is 18.0 Å². The molecule has 2 amide bonds. The maximum atomic E-state index is 13.9. The fourth-order valence-electron chi connectivity index (χ4n) is 3.81. The van der Waals surface area contributed by atoms with Gasteiger partial charge in [-0.1, -0.05) is 30.3 Å². The van der Waals surface area contributed by atoms with E-state index < -0.39 is 28.5 Å². The number of hydrogen-bond donors (Lipinski definition) is 1. The molecule has 0 spiro atoms. The van der Waals surface area contributed by atoms with Gasteiger partial charge in [0.25, 0.3) is 10.0 Å². The molecule has 0 saturated heterocycles. The molecule has 3 rings (SSSR count). The van der Waals surface area contributed by atoms with Gasteiger partial charge in [-0.15, -0.1) is 0 Å². The van der Waals surface area contributed by atoms with Gasteiger partial charge in [0.05, 0.1) is 17.7 Å². The number of carbonyl (C=O) groups is 2. The van der Waals surface area contributed by atoms with Gasteiger partial charge in [0.15, 0.2) is 0 Å². The van der Waals surface area contributed by atoms with Crippen LogP contribution < -0.4 is 14.4 Å². The highest BCUT2D eigenvalue weighted by Crippen LogP contribution is 2.25. The summed E-state index contributed by atoms with van der Waals surface area (Å²) in [4.78, 5) is 28.3. The van der Waals surface area contributed by atoms with Crippen LogP contribution in [0.5, 0.6) is 5.75 Å². The van der Waals surface area contributed by atoms with Gasteiger partial charge in [0.2, 0.25) is 11.8 Å². The van der Waals surface area contributed by atoms with E-state index in [1.165, 1.54) is 17.0 Å². The lowest BCUT2D eigenvalue weighted by Gasteiger charge is -2.32. The Labute approximate surface area is 238 Å². The summed E-state index contributed by atoms with van der Waals surface area (Å²) >= 11 is 2.13. The van der Waals surface area contributed by atoms with E-state index in [-0.39, 0.29) is 23.4 Å². The van der Waals surface area contributed by atoms with E-state index in [4.69, 9.17) is 4.74 Å². The molecule has 1 atom stereocenters. The molecule has 0 aliphatic heterocycles. The number of ether oxygens (including phenoxy) is 1. The van der Waals surface area contributed by atoms with Crippen LogP contribution in [0.3, 0.4) is 0 Å². The maximum absolute atomic E-state index is 13.9. The van der Waals surface area contributed by atoms with E-state index in [1.54, 1.807) is 74.7 Å². The lowest BCUT2D eigenvalue weighted by atomic mass is 10.1. The molecule has 1 N–H and O–H groups in total. The summed E-state index contributed by atoms with van der Waals surface area (Å²) in [7, 11) is -2.53. The lowest BCUT2D eigenvalue weighted by molar-refractivity contribution is -0.139. The van der Waals surface area contributed by atoms with E-state index >= 15 is 0 Å². The topological polar surface area (TPSA) is 96.0 Å². The summed E-state index contributed by atoms with van der Waals surface area (Å²) in [6, 6.07) is 21.1. The van der Waals surface area contributed by atoms with Crippen LogP contribution >= 0.6 is 22.6 Å². The number of sulfonamides is 1. The maximum Gasteiger partial charge on any atom is 0.264 e. The highest BCUT2D eigenvalue weighted by atomic mass is 127. The number of anilines is 1. The summed E-state index contributed by atoms with van der Waals surface area (Å²) in [6.45, 7) is 4.92. The van der Waals surface area contributed by atoms with Gasteiger partial charge in [-0.05, 0) is 97.5 Å². The Kier molecular flexibility index (Phi) is 10.1. The zero-order valence-corrected chi connectivity index (χ0v) is 24.8. The standard InChI is InChI=1S/C28H32IN3O5S/c1-20(2)30-28(34)21(3)31(18-22-9-8-10-25(17-22)37-4)27(33)19-32(24-15-13-23(29)14-16-24)38(35,36)26-11-6-5-7-12-26/h5-17,20-21H,18-19H2,1-4H3,(H,30,34)/t21-/m0/s1. The molecule has 202 valence electrons. The van der Waals surface area contributed by atoms with Crippen molar-refractivity contribution in [2.45, 2.75) is 44.3 Å². The van der Waals surface area contributed by atoms with Gasteiger partial charge >= 0.3 is 0 Å². The van der Waals surface area contributed by atoms with E-state index in [2.05, 4.69) is 27.9 Å². The Morgan fingerprint density at radius 1 is 0.947 bits per heavy atom. The van der Waals surface area contributed by atoms with Gasteiger partial charge in [-0.25, -0.2) is 8.42 Å². The average Bonchev–Trinajstić information content (AvgIpc) is 2.90. The highest BCUT2D eigenvalue weighted by Gasteiger charge is 2.32. The van der Waals surface area contributed by atoms with Crippen molar-refractivity contribution in [1.29, 1.82) is 0 Å². The zero-order chi connectivity index (χ0) is 27.9. The molecule has 3 aromatic carbocycles. The second-order valence-corrected chi connectivity index (χ2v) is 12.1. The fraction of sp³-hybridized carbons (Fsp3) is 0.286. The quantitative estimate of drug-likeness (QED) is 0.310. The van der Waals surface area contributed by atoms with Crippen LogP contribution in [0.4, 0.5) is 5.69 Å². The van der Waals surface area contributed by atoms with Gasteiger partial charge in [0.1, 0.15) is 18.3 Å². The third-order valence-electron chi connectivity index (χ3n) is 5.81. The van der Waals surface area contributed by atoms with E-state index in [1.807, 2.05) is 19.9 Å². The SMILES string of the molecule is COc1cccc(CN(C(=O)CN(c2ccc(I)cc2)S(=O)(=O)c2ccccc2)[C@@H](C)C(=O)NC(C)C)c1. The minimum atomic E-state index is -4.08. The van der Waals surface area contributed by atoms with Crippen LogP contribution in [0.1, 0.15) is 26.3 Å². The molecule has 0 heterocycles.